The minimum absolute atomic E-state index is 0.0335. The lowest BCUT2D eigenvalue weighted by Gasteiger charge is -2.39. The predicted octanol–water partition coefficient (Wildman–Crippen LogP) is 1.02. The van der Waals surface area contributed by atoms with Gasteiger partial charge in [0.15, 0.2) is 6.61 Å². The molecule has 2 fully saturated rings. The Labute approximate surface area is 131 Å². The van der Waals surface area contributed by atoms with Crippen LogP contribution in [0.25, 0.3) is 0 Å². The molecule has 124 valence electrons. The smallest absolute Gasteiger partial charge is 0.344 e. The van der Waals surface area contributed by atoms with Gasteiger partial charge in [0.05, 0.1) is 11.4 Å². The summed E-state index contributed by atoms with van der Waals surface area (Å²) in [5.41, 5.74) is -0.869. The van der Waals surface area contributed by atoms with E-state index in [0.717, 1.165) is 19.3 Å². The van der Waals surface area contributed by atoms with Crippen molar-refractivity contribution < 1.29 is 32.0 Å². The topological polar surface area (TPSA) is 102 Å². The van der Waals surface area contributed by atoms with Crippen LogP contribution in [0.3, 0.4) is 0 Å². The van der Waals surface area contributed by atoms with Crippen LogP contribution in [0.5, 0.6) is 0 Å². The zero-order chi connectivity index (χ0) is 16.5. The Bertz CT molecular complexity index is 517. The Morgan fingerprint density at radius 1 is 1.41 bits per heavy atom. The lowest BCUT2D eigenvalue weighted by atomic mass is 9.83. The highest BCUT2D eigenvalue weighted by atomic mass is 32.2. The normalized spacial score (nSPS) is 34.2. The van der Waals surface area contributed by atoms with Gasteiger partial charge in [0, 0.05) is 5.57 Å². The maximum atomic E-state index is 11.8. The molecule has 2 aliphatic rings. The van der Waals surface area contributed by atoms with Crippen molar-refractivity contribution in [3.8, 4) is 0 Å². The first-order valence-electron chi connectivity index (χ1n) is 7.05. The lowest BCUT2D eigenvalue weighted by molar-refractivity contribution is -0.174. The summed E-state index contributed by atoms with van der Waals surface area (Å²) in [5, 5.41) is 0. The average molecular weight is 331 g/mol. The van der Waals surface area contributed by atoms with E-state index < -0.39 is 41.6 Å². The summed E-state index contributed by atoms with van der Waals surface area (Å²) in [5.74, 6) is -1.30. The van der Waals surface area contributed by atoms with Gasteiger partial charge in [-0.3, -0.25) is 4.18 Å². The van der Waals surface area contributed by atoms with Gasteiger partial charge in [-0.05, 0) is 44.9 Å². The van der Waals surface area contributed by atoms with Crippen LogP contribution in [-0.4, -0.2) is 39.0 Å². The maximum Gasteiger partial charge on any atom is 0.344 e. The van der Waals surface area contributed by atoms with E-state index in [2.05, 4.69) is 6.58 Å². The SMILES string of the molecule is C=C(C)C(=O)OCC(=O)OC1C2CCC(C2)C1(C)OS(=O)[O-]. The van der Waals surface area contributed by atoms with Gasteiger partial charge < -0.3 is 14.0 Å². The van der Waals surface area contributed by atoms with Gasteiger partial charge in [0.25, 0.3) is 0 Å². The Kier molecular flexibility index (Phi) is 5.03. The largest absolute Gasteiger partial charge is 0.750 e. The van der Waals surface area contributed by atoms with Gasteiger partial charge in [-0.1, -0.05) is 6.58 Å². The molecule has 0 aromatic carbocycles. The highest BCUT2D eigenvalue weighted by molar-refractivity contribution is 7.74. The molecule has 7 nitrogen and oxygen atoms in total. The molecule has 8 heteroatoms. The number of ether oxygens (including phenoxy) is 2. The molecule has 0 radical (unpaired) electrons. The van der Waals surface area contributed by atoms with Gasteiger partial charge in [-0.2, -0.15) is 0 Å². The van der Waals surface area contributed by atoms with Crippen molar-refractivity contribution in [3.63, 3.8) is 0 Å². The number of rotatable bonds is 6. The summed E-state index contributed by atoms with van der Waals surface area (Å²) in [6.45, 7) is 5.99. The first-order chi connectivity index (χ1) is 10.2. The molecule has 0 aromatic heterocycles. The number of esters is 2. The van der Waals surface area contributed by atoms with E-state index in [1.807, 2.05) is 0 Å². The van der Waals surface area contributed by atoms with Crippen molar-refractivity contribution in [2.24, 2.45) is 11.8 Å². The van der Waals surface area contributed by atoms with Gasteiger partial charge in [0.1, 0.15) is 11.7 Å². The molecule has 2 aliphatic carbocycles. The Hall–Kier alpha value is -1.25. The third kappa shape index (κ3) is 3.39. The Morgan fingerprint density at radius 3 is 2.68 bits per heavy atom. The fraction of sp³-hybridized carbons (Fsp3) is 0.714. The fourth-order valence-corrected chi connectivity index (χ4v) is 3.94. The quantitative estimate of drug-likeness (QED) is 0.407. The standard InChI is InChI=1S/C14H20O7S/c1-8(2)13(16)19-7-11(15)20-12-9-4-5-10(6-9)14(12,3)21-22(17)18/h9-10,12H,1,4-7H2,2-3H3,(H,17,18)/p-1. The molecule has 0 amide bonds. The molecular formula is C14H19O7S-. The van der Waals surface area contributed by atoms with Crippen LogP contribution in [0, 0.1) is 11.8 Å². The first kappa shape index (κ1) is 17.1. The lowest BCUT2D eigenvalue weighted by Crippen LogP contribution is -2.49. The predicted molar refractivity (Wildman–Crippen MR) is 74.9 cm³/mol. The molecule has 0 spiro atoms. The van der Waals surface area contributed by atoms with Crippen LogP contribution in [0.4, 0.5) is 0 Å². The maximum absolute atomic E-state index is 11.8. The van der Waals surface area contributed by atoms with Crippen molar-refractivity contribution in [2.75, 3.05) is 6.61 Å². The van der Waals surface area contributed by atoms with Crippen LogP contribution in [0.1, 0.15) is 33.1 Å². The summed E-state index contributed by atoms with van der Waals surface area (Å²) in [6.07, 6.45) is 1.81. The molecule has 22 heavy (non-hydrogen) atoms. The van der Waals surface area contributed by atoms with E-state index >= 15 is 0 Å². The fourth-order valence-electron chi connectivity index (χ4n) is 3.41. The van der Waals surface area contributed by atoms with Crippen LogP contribution in [0.2, 0.25) is 0 Å². The van der Waals surface area contributed by atoms with Crippen molar-refractivity contribution >= 4 is 23.3 Å². The van der Waals surface area contributed by atoms with Gasteiger partial charge >= 0.3 is 11.9 Å². The molecule has 0 aliphatic heterocycles. The minimum Gasteiger partial charge on any atom is -0.750 e. The van der Waals surface area contributed by atoms with E-state index in [1.165, 1.54) is 6.92 Å². The number of hydrogen-bond acceptors (Lipinski definition) is 7. The van der Waals surface area contributed by atoms with Gasteiger partial charge in [-0.25, -0.2) is 13.8 Å². The van der Waals surface area contributed by atoms with E-state index in [4.69, 9.17) is 13.7 Å². The summed E-state index contributed by atoms with van der Waals surface area (Å²) in [6, 6.07) is 0. The summed E-state index contributed by atoms with van der Waals surface area (Å²) < 4.78 is 36.9. The van der Waals surface area contributed by atoms with Crippen LogP contribution in [-0.2, 0) is 34.6 Å². The van der Waals surface area contributed by atoms with E-state index in [0.29, 0.717) is 0 Å². The summed E-state index contributed by atoms with van der Waals surface area (Å²) >= 11 is -2.69. The third-order valence-electron chi connectivity index (χ3n) is 4.45. The number of carbonyl (C=O) groups excluding carboxylic acids is 2. The molecule has 5 atom stereocenters. The summed E-state index contributed by atoms with van der Waals surface area (Å²) in [4.78, 5) is 23.1. The van der Waals surface area contributed by atoms with Crippen molar-refractivity contribution in [2.45, 2.75) is 44.8 Å². The van der Waals surface area contributed by atoms with Crippen LogP contribution in [0.15, 0.2) is 12.2 Å². The molecule has 2 bridgehead atoms. The first-order valence-corrected chi connectivity index (χ1v) is 8.05. The molecule has 0 aromatic rings. The summed E-state index contributed by atoms with van der Waals surface area (Å²) in [7, 11) is 0. The Morgan fingerprint density at radius 2 is 2.09 bits per heavy atom. The molecule has 2 saturated carbocycles. The van der Waals surface area contributed by atoms with Crippen LogP contribution < -0.4 is 0 Å². The second-order valence-corrected chi connectivity index (χ2v) is 6.58. The van der Waals surface area contributed by atoms with E-state index in [1.54, 1.807) is 6.92 Å². The average Bonchev–Trinajstić information content (AvgIpc) is 2.97. The van der Waals surface area contributed by atoms with E-state index in [-0.39, 0.29) is 17.4 Å². The van der Waals surface area contributed by atoms with E-state index in [9.17, 15) is 18.4 Å². The second kappa shape index (κ2) is 6.47. The van der Waals surface area contributed by atoms with Crippen molar-refractivity contribution in [1.82, 2.24) is 0 Å². The van der Waals surface area contributed by atoms with Gasteiger partial charge in [0.2, 0.25) is 0 Å². The highest BCUT2D eigenvalue weighted by Gasteiger charge is 2.59. The molecule has 0 heterocycles. The van der Waals surface area contributed by atoms with Crippen LogP contribution >= 0.6 is 0 Å². The molecule has 0 N–H and O–H groups in total. The van der Waals surface area contributed by atoms with Crippen molar-refractivity contribution in [1.29, 1.82) is 0 Å². The Balaban J connectivity index is 1.98. The molecule has 5 unspecified atom stereocenters. The number of fused-ring (bicyclic) bond motifs is 2. The van der Waals surface area contributed by atoms with Gasteiger partial charge in [-0.15, -0.1) is 0 Å². The minimum atomic E-state index is -2.69. The number of carbonyl (C=O) groups is 2. The highest BCUT2D eigenvalue weighted by Crippen LogP contribution is 2.54. The zero-order valence-electron chi connectivity index (χ0n) is 12.5. The molecular weight excluding hydrogens is 312 g/mol. The zero-order valence-corrected chi connectivity index (χ0v) is 13.4. The molecule has 2 rings (SSSR count). The second-order valence-electron chi connectivity index (χ2n) is 6.01. The van der Waals surface area contributed by atoms with Crippen molar-refractivity contribution in [3.05, 3.63) is 12.2 Å². The monoisotopic (exact) mass is 331 g/mol. The third-order valence-corrected chi connectivity index (χ3v) is 4.95. The molecule has 0 saturated heterocycles. The number of hydrogen-bond donors (Lipinski definition) is 0.